The number of fused-ring (bicyclic) bond motifs is 1. The third-order valence-corrected chi connectivity index (χ3v) is 8.90. The lowest BCUT2D eigenvalue weighted by molar-refractivity contribution is -0.139. The Morgan fingerprint density at radius 1 is 1.02 bits per heavy atom. The molecule has 11 heteroatoms. The van der Waals surface area contributed by atoms with Gasteiger partial charge in [0.25, 0.3) is 5.56 Å². The maximum absolute atomic E-state index is 14.2. The monoisotopic (exact) mass is 710 g/mol. The van der Waals surface area contributed by atoms with Crippen molar-refractivity contribution >= 4 is 50.9 Å². The van der Waals surface area contributed by atoms with Gasteiger partial charge in [-0.25, -0.2) is 9.79 Å². The van der Waals surface area contributed by atoms with E-state index in [9.17, 15) is 9.59 Å². The minimum atomic E-state index is -0.797. The smallest absolute Gasteiger partial charge is 0.338 e. The zero-order valence-electron chi connectivity index (χ0n) is 25.3. The van der Waals surface area contributed by atoms with Crippen LogP contribution >= 0.6 is 38.9 Å². The van der Waals surface area contributed by atoms with Crippen LogP contribution in [0.4, 0.5) is 0 Å². The zero-order chi connectivity index (χ0) is 32.1. The summed E-state index contributed by atoms with van der Waals surface area (Å²) in [5.74, 6) is 1.12. The van der Waals surface area contributed by atoms with Crippen LogP contribution in [0.15, 0.2) is 86.2 Å². The van der Waals surface area contributed by atoms with E-state index in [2.05, 4.69) is 15.9 Å². The highest BCUT2D eigenvalue weighted by Gasteiger charge is 2.36. The van der Waals surface area contributed by atoms with Crippen LogP contribution in [0.3, 0.4) is 0 Å². The van der Waals surface area contributed by atoms with E-state index in [1.807, 2.05) is 61.5 Å². The quantitative estimate of drug-likeness (QED) is 0.163. The molecule has 1 atom stereocenters. The summed E-state index contributed by atoms with van der Waals surface area (Å²) < 4.78 is 25.6. The molecule has 0 amide bonds. The van der Waals surface area contributed by atoms with Gasteiger partial charge in [0.15, 0.2) is 16.3 Å². The standard InChI is InChI=1S/C34H32BrClN2O6S/c1-5-7-25-30(33(40)43-6-2)31(24-18-22(35)11-15-26(24)41-3)38-32(39)29(45-34(38)37-25)17-21-10-14-27(28(16-21)42-4)44-19-20-8-12-23(36)13-9-20/h8-18,31H,5-7,19H2,1-4H3/b29-17+/t31-/m0/s1. The van der Waals surface area contributed by atoms with Crippen molar-refractivity contribution < 1.29 is 23.7 Å². The molecule has 0 aliphatic carbocycles. The third kappa shape index (κ3) is 7.03. The summed E-state index contributed by atoms with van der Waals surface area (Å²) in [7, 11) is 3.13. The van der Waals surface area contributed by atoms with E-state index in [1.165, 1.54) is 11.3 Å². The first-order valence-corrected chi connectivity index (χ1v) is 16.4. The van der Waals surface area contributed by atoms with Gasteiger partial charge in [-0.3, -0.25) is 9.36 Å². The van der Waals surface area contributed by atoms with Gasteiger partial charge in [0.2, 0.25) is 0 Å². The van der Waals surface area contributed by atoms with E-state index in [0.717, 1.165) is 22.0 Å². The summed E-state index contributed by atoms with van der Waals surface area (Å²) in [5.41, 5.74) is 3.00. The number of rotatable bonds is 11. The van der Waals surface area contributed by atoms with Crippen LogP contribution in [0.2, 0.25) is 5.02 Å². The molecular formula is C34H32BrClN2O6S. The number of benzene rings is 3. The van der Waals surface area contributed by atoms with E-state index in [1.54, 1.807) is 37.9 Å². The average molecular weight is 712 g/mol. The molecule has 0 bridgehead atoms. The van der Waals surface area contributed by atoms with Crippen LogP contribution in [-0.4, -0.2) is 31.4 Å². The molecule has 234 valence electrons. The number of allylic oxidation sites excluding steroid dienone is 1. The Labute approximate surface area is 278 Å². The lowest BCUT2D eigenvalue weighted by Gasteiger charge is -2.27. The van der Waals surface area contributed by atoms with Gasteiger partial charge in [-0.05, 0) is 73.0 Å². The van der Waals surface area contributed by atoms with Crippen molar-refractivity contribution in [1.29, 1.82) is 0 Å². The fourth-order valence-electron chi connectivity index (χ4n) is 5.12. The predicted molar refractivity (Wildman–Crippen MR) is 179 cm³/mol. The summed E-state index contributed by atoms with van der Waals surface area (Å²) in [4.78, 5) is 33.0. The van der Waals surface area contributed by atoms with Crippen LogP contribution in [0.5, 0.6) is 17.2 Å². The van der Waals surface area contributed by atoms with Gasteiger partial charge in [-0.1, -0.05) is 70.4 Å². The Morgan fingerprint density at radius 2 is 1.76 bits per heavy atom. The SMILES string of the molecule is CCCC1=C(C(=O)OCC)[C@H](c2cc(Br)ccc2OC)n2c(s/c(=C/c3ccc(OCc4ccc(Cl)cc4)c(OC)c3)c2=O)=N1. The number of hydrogen-bond donors (Lipinski definition) is 0. The summed E-state index contributed by atoms with van der Waals surface area (Å²) >= 11 is 10.8. The number of thiazole rings is 1. The minimum Gasteiger partial charge on any atom is -0.496 e. The van der Waals surface area contributed by atoms with E-state index < -0.39 is 12.0 Å². The Hall–Kier alpha value is -3.86. The Kier molecular flexibility index (Phi) is 10.5. The fourth-order valence-corrected chi connectivity index (χ4v) is 6.65. The molecule has 8 nitrogen and oxygen atoms in total. The van der Waals surface area contributed by atoms with Gasteiger partial charge in [-0.2, -0.15) is 0 Å². The molecule has 0 saturated heterocycles. The second-order valence-corrected chi connectivity index (χ2v) is 12.5. The van der Waals surface area contributed by atoms with Crippen molar-refractivity contribution in [3.05, 3.63) is 118 Å². The minimum absolute atomic E-state index is 0.190. The number of hydrogen-bond acceptors (Lipinski definition) is 8. The highest BCUT2D eigenvalue weighted by molar-refractivity contribution is 9.10. The highest BCUT2D eigenvalue weighted by atomic mass is 79.9. The van der Waals surface area contributed by atoms with Gasteiger partial charge < -0.3 is 18.9 Å². The second kappa shape index (κ2) is 14.5. The summed E-state index contributed by atoms with van der Waals surface area (Å²) in [6.45, 7) is 4.30. The van der Waals surface area contributed by atoms with E-state index >= 15 is 0 Å². The van der Waals surface area contributed by atoms with E-state index in [-0.39, 0.29) is 12.2 Å². The first-order valence-electron chi connectivity index (χ1n) is 14.4. The molecule has 0 fully saturated rings. The fraction of sp³-hybridized carbons (Fsp3) is 0.265. The Bertz CT molecular complexity index is 1930. The topological polar surface area (TPSA) is 88.4 Å². The lowest BCUT2D eigenvalue weighted by atomic mass is 9.93. The number of ether oxygens (including phenoxy) is 4. The molecular weight excluding hydrogens is 680 g/mol. The van der Waals surface area contributed by atoms with Crippen LogP contribution < -0.4 is 29.1 Å². The molecule has 2 heterocycles. The number of esters is 1. The number of carbonyl (C=O) groups is 1. The normalized spacial score (nSPS) is 14.5. The van der Waals surface area contributed by atoms with Crippen molar-refractivity contribution in [2.24, 2.45) is 4.99 Å². The lowest BCUT2D eigenvalue weighted by Crippen LogP contribution is -2.40. The average Bonchev–Trinajstić information content (AvgIpc) is 3.34. The largest absolute Gasteiger partial charge is 0.496 e. The molecule has 0 saturated carbocycles. The summed E-state index contributed by atoms with van der Waals surface area (Å²) in [5, 5.41) is 0.659. The van der Waals surface area contributed by atoms with E-state index in [4.69, 9.17) is 35.5 Å². The Morgan fingerprint density at radius 3 is 2.44 bits per heavy atom. The van der Waals surface area contributed by atoms with Crippen molar-refractivity contribution in [1.82, 2.24) is 4.57 Å². The molecule has 1 aliphatic heterocycles. The second-order valence-electron chi connectivity index (χ2n) is 10.1. The maximum atomic E-state index is 14.2. The summed E-state index contributed by atoms with van der Waals surface area (Å²) in [6, 6.07) is 17.6. The van der Waals surface area contributed by atoms with Crippen molar-refractivity contribution in [2.75, 3.05) is 20.8 Å². The van der Waals surface area contributed by atoms with E-state index in [0.29, 0.717) is 61.5 Å². The van der Waals surface area contributed by atoms with Crippen molar-refractivity contribution in [3.63, 3.8) is 0 Å². The van der Waals surface area contributed by atoms with Gasteiger partial charge in [-0.15, -0.1) is 0 Å². The number of halogens is 2. The van der Waals surface area contributed by atoms with Crippen molar-refractivity contribution in [3.8, 4) is 17.2 Å². The molecule has 0 N–H and O–H groups in total. The molecule has 0 unspecified atom stereocenters. The van der Waals surface area contributed by atoms with Gasteiger partial charge in [0.05, 0.1) is 36.6 Å². The summed E-state index contributed by atoms with van der Waals surface area (Å²) in [6.07, 6.45) is 3.09. The third-order valence-electron chi connectivity index (χ3n) is 7.17. The number of methoxy groups -OCH3 is 2. The zero-order valence-corrected chi connectivity index (χ0v) is 28.4. The molecule has 5 rings (SSSR count). The molecule has 0 spiro atoms. The van der Waals surface area contributed by atoms with Crippen LogP contribution in [0.1, 0.15) is 49.4 Å². The molecule has 0 radical (unpaired) electrons. The van der Waals surface area contributed by atoms with Crippen molar-refractivity contribution in [2.45, 2.75) is 39.3 Å². The molecule has 1 aromatic heterocycles. The maximum Gasteiger partial charge on any atom is 0.338 e. The predicted octanol–water partition coefficient (Wildman–Crippen LogP) is 6.59. The first kappa shape index (κ1) is 32.5. The molecule has 4 aromatic rings. The van der Waals surface area contributed by atoms with Crippen LogP contribution in [0.25, 0.3) is 6.08 Å². The molecule has 45 heavy (non-hydrogen) atoms. The van der Waals surface area contributed by atoms with Crippen LogP contribution in [0, 0.1) is 0 Å². The number of carbonyl (C=O) groups excluding carboxylic acids is 1. The Balaban J connectivity index is 1.61. The number of aromatic nitrogens is 1. The van der Waals surface area contributed by atoms with Gasteiger partial charge in [0, 0.05) is 15.1 Å². The molecule has 3 aromatic carbocycles. The van der Waals surface area contributed by atoms with Crippen LogP contribution in [-0.2, 0) is 16.1 Å². The first-order chi connectivity index (χ1) is 21.8. The van der Waals surface area contributed by atoms with Gasteiger partial charge in [0.1, 0.15) is 18.4 Å². The molecule has 1 aliphatic rings. The number of nitrogens with zero attached hydrogens (tertiary/aromatic N) is 2. The highest BCUT2D eigenvalue weighted by Crippen LogP contribution is 2.38. The van der Waals surface area contributed by atoms with Gasteiger partial charge >= 0.3 is 5.97 Å².